The molecular formula is C16H30N2O. The van der Waals surface area contributed by atoms with Crippen LogP contribution in [0, 0.1) is 5.92 Å². The van der Waals surface area contributed by atoms with E-state index in [1.54, 1.807) is 0 Å². The minimum absolute atomic E-state index is 0.327. The molecule has 1 saturated carbocycles. The molecule has 1 atom stereocenters. The summed E-state index contributed by atoms with van der Waals surface area (Å²) in [4.78, 5) is 13.9. The third-order valence-electron chi connectivity index (χ3n) is 3.93. The fourth-order valence-corrected chi connectivity index (χ4v) is 2.12. The van der Waals surface area contributed by atoms with Gasteiger partial charge < -0.3 is 10.2 Å². The predicted octanol–water partition coefficient (Wildman–Crippen LogP) is 2.97. The summed E-state index contributed by atoms with van der Waals surface area (Å²) in [6.07, 6.45) is 12.3. The van der Waals surface area contributed by atoms with Gasteiger partial charge >= 0.3 is 0 Å². The van der Waals surface area contributed by atoms with Crippen molar-refractivity contribution in [3.63, 3.8) is 0 Å². The van der Waals surface area contributed by atoms with Crippen LogP contribution in [0.1, 0.15) is 51.9 Å². The SMILES string of the molecule is CNCCC/C=C/CCC(C)N(C)C(=O)CC1CC1. The summed E-state index contributed by atoms with van der Waals surface area (Å²) >= 11 is 0. The van der Waals surface area contributed by atoms with Crippen molar-refractivity contribution in [1.82, 2.24) is 10.2 Å². The van der Waals surface area contributed by atoms with Crippen molar-refractivity contribution in [3.8, 4) is 0 Å². The fourth-order valence-electron chi connectivity index (χ4n) is 2.12. The third kappa shape index (κ3) is 7.36. The van der Waals surface area contributed by atoms with Gasteiger partial charge in [0.05, 0.1) is 0 Å². The van der Waals surface area contributed by atoms with Crippen LogP contribution in [0.2, 0.25) is 0 Å². The third-order valence-corrected chi connectivity index (χ3v) is 3.93. The highest BCUT2D eigenvalue weighted by Gasteiger charge is 2.26. The van der Waals surface area contributed by atoms with Crippen molar-refractivity contribution in [3.05, 3.63) is 12.2 Å². The molecule has 1 N–H and O–H groups in total. The summed E-state index contributed by atoms with van der Waals surface area (Å²) in [7, 11) is 3.94. The standard InChI is InChI=1S/C16H30N2O/c1-14(9-7-5-4-6-8-12-17-2)18(3)16(19)13-15-10-11-15/h4-5,14-15,17H,6-13H2,1-3H3/b5-4+. The van der Waals surface area contributed by atoms with Gasteiger partial charge in [-0.25, -0.2) is 0 Å². The van der Waals surface area contributed by atoms with Gasteiger partial charge in [0, 0.05) is 19.5 Å². The van der Waals surface area contributed by atoms with E-state index in [1.807, 2.05) is 19.0 Å². The number of carbonyl (C=O) groups is 1. The highest BCUT2D eigenvalue weighted by Crippen LogP contribution is 2.33. The van der Waals surface area contributed by atoms with Crippen LogP contribution in [0.4, 0.5) is 0 Å². The lowest BCUT2D eigenvalue weighted by Crippen LogP contribution is -2.35. The second-order valence-electron chi connectivity index (χ2n) is 5.80. The Morgan fingerprint density at radius 2 is 2.05 bits per heavy atom. The van der Waals surface area contributed by atoms with E-state index >= 15 is 0 Å². The quantitative estimate of drug-likeness (QED) is 0.487. The van der Waals surface area contributed by atoms with Crippen molar-refractivity contribution in [1.29, 1.82) is 0 Å². The minimum Gasteiger partial charge on any atom is -0.343 e. The molecule has 1 aliphatic rings. The first-order valence-electron chi connectivity index (χ1n) is 7.70. The van der Waals surface area contributed by atoms with Gasteiger partial charge in [0.1, 0.15) is 0 Å². The zero-order valence-corrected chi connectivity index (χ0v) is 12.8. The van der Waals surface area contributed by atoms with Crippen LogP contribution in [0.25, 0.3) is 0 Å². The van der Waals surface area contributed by atoms with E-state index in [1.165, 1.54) is 19.3 Å². The molecule has 1 amide bonds. The first-order valence-corrected chi connectivity index (χ1v) is 7.70. The first-order chi connectivity index (χ1) is 9.15. The van der Waals surface area contributed by atoms with Gasteiger partial charge in [-0.15, -0.1) is 0 Å². The largest absolute Gasteiger partial charge is 0.343 e. The molecule has 0 spiro atoms. The maximum absolute atomic E-state index is 11.9. The van der Waals surface area contributed by atoms with E-state index in [0.717, 1.165) is 32.2 Å². The summed E-state index contributed by atoms with van der Waals surface area (Å²) < 4.78 is 0. The Bertz CT molecular complexity index is 284. The molecule has 0 heterocycles. The van der Waals surface area contributed by atoms with Gasteiger partial charge in [-0.1, -0.05) is 12.2 Å². The molecule has 0 aromatic rings. The Labute approximate surface area is 118 Å². The molecule has 0 bridgehead atoms. The van der Waals surface area contributed by atoms with Gasteiger partial charge in [0.15, 0.2) is 0 Å². The van der Waals surface area contributed by atoms with Gasteiger partial charge in [0.25, 0.3) is 0 Å². The van der Waals surface area contributed by atoms with Gasteiger partial charge in [-0.05, 0) is 65.0 Å². The van der Waals surface area contributed by atoms with Crippen molar-refractivity contribution in [2.75, 3.05) is 20.6 Å². The summed E-state index contributed by atoms with van der Waals surface area (Å²) in [5, 5.41) is 3.15. The number of nitrogens with zero attached hydrogens (tertiary/aromatic N) is 1. The molecule has 110 valence electrons. The van der Waals surface area contributed by atoms with Gasteiger partial charge in [0.2, 0.25) is 5.91 Å². The molecule has 3 nitrogen and oxygen atoms in total. The second kappa shape index (κ2) is 9.13. The number of nitrogens with one attached hydrogen (secondary N) is 1. The molecular weight excluding hydrogens is 236 g/mol. The van der Waals surface area contributed by atoms with Crippen LogP contribution in [-0.4, -0.2) is 37.5 Å². The maximum atomic E-state index is 11.9. The molecule has 0 radical (unpaired) electrons. The summed E-state index contributed by atoms with van der Waals surface area (Å²) in [5.41, 5.74) is 0. The lowest BCUT2D eigenvalue weighted by atomic mass is 10.1. The number of amides is 1. The highest BCUT2D eigenvalue weighted by atomic mass is 16.2. The Balaban J connectivity index is 2.08. The van der Waals surface area contributed by atoms with E-state index in [0.29, 0.717) is 17.9 Å². The monoisotopic (exact) mass is 266 g/mol. The van der Waals surface area contributed by atoms with Crippen molar-refractivity contribution >= 4 is 5.91 Å². The van der Waals surface area contributed by atoms with Crippen LogP contribution in [0.3, 0.4) is 0 Å². The van der Waals surface area contributed by atoms with E-state index in [-0.39, 0.29) is 0 Å². The van der Waals surface area contributed by atoms with E-state index in [2.05, 4.69) is 24.4 Å². The average Bonchev–Trinajstić information content (AvgIpc) is 3.20. The molecule has 0 aromatic carbocycles. The molecule has 0 saturated heterocycles. The van der Waals surface area contributed by atoms with E-state index in [9.17, 15) is 4.79 Å². The molecule has 0 aliphatic heterocycles. The average molecular weight is 266 g/mol. The second-order valence-corrected chi connectivity index (χ2v) is 5.80. The summed E-state index contributed by atoms with van der Waals surface area (Å²) in [5.74, 6) is 1.02. The smallest absolute Gasteiger partial charge is 0.222 e. The Morgan fingerprint density at radius 1 is 1.37 bits per heavy atom. The predicted molar refractivity (Wildman–Crippen MR) is 81.1 cm³/mol. The molecule has 1 unspecified atom stereocenters. The molecule has 1 fully saturated rings. The van der Waals surface area contributed by atoms with Crippen molar-refractivity contribution < 1.29 is 4.79 Å². The zero-order valence-electron chi connectivity index (χ0n) is 12.8. The lowest BCUT2D eigenvalue weighted by Gasteiger charge is -2.24. The molecule has 3 heteroatoms. The number of hydrogen-bond donors (Lipinski definition) is 1. The minimum atomic E-state index is 0.327. The first kappa shape index (κ1) is 16.2. The van der Waals surface area contributed by atoms with Crippen LogP contribution < -0.4 is 5.32 Å². The van der Waals surface area contributed by atoms with Gasteiger partial charge in [-0.3, -0.25) is 4.79 Å². The summed E-state index contributed by atoms with van der Waals surface area (Å²) in [6.45, 7) is 3.23. The Hall–Kier alpha value is -0.830. The van der Waals surface area contributed by atoms with Crippen LogP contribution >= 0.6 is 0 Å². The van der Waals surface area contributed by atoms with E-state index < -0.39 is 0 Å². The van der Waals surface area contributed by atoms with Crippen molar-refractivity contribution in [2.24, 2.45) is 5.92 Å². The number of unbranched alkanes of at least 4 members (excludes halogenated alkanes) is 1. The van der Waals surface area contributed by atoms with Crippen LogP contribution in [-0.2, 0) is 4.79 Å². The molecule has 0 aromatic heterocycles. The fraction of sp³-hybridized carbons (Fsp3) is 0.812. The van der Waals surface area contributed by atoms with Gasteiger partial charge in [-0.2, -0.15) is 0 Å². The Morgan fingerprint density at radius 3 is 2.68 bits per heavy atom. The summed E-state index contributed by atoms with van der Waals surface area (Å²) in [6, 6.07) is 0.355. The zero-order chi connectivity index (χ0) is 14.1. The number of carbonyl (C=O) groups excluding carboxylic acids is 1. The topological polar surface area (TPSA) is 32.3 Å². The molecule has 1 aliphatic carbocycles. The maximum Gasteiger partial charge on any atom is 0.222 e. The van der Waals surface area contributed by atoms with Crippen LogP contribution in [0.15, 0.2) is 12.2 Å². The highest BCUT2D eigenvalue weighted by molar-refractivity contribution is 5.76. The number of allylic oxidation sites excluding steroid dienone is 2. The van der Waals surface area contributed by atoms with E-state index in [4.69, 9.17) is 0 Å². The number of hydrogen-bond acceptors (Lipinski definition) is 2. The van der Waals surface area contributed by atoms with Crippen molar-refractivity contribution in [2.45, 2.75) is 57.9 Å². The molecule has 1 rings (SSSR count). The molecule has 19 heavy (non-hydrogen) atoms. The van der Waals surface area contributed by atoms with Crippen LogP contribution in [0.5, 0.6) is 0 Å². The number of rotatable bonds is 10. The Kier molecular flexibility index (Phi) is 7.80. The normalized spacial score (nSPS) is 16.8. The lowest BCUT2D eigenvalue weighted by molar-refractivity contribution is -0.132.